The van der Waals surface area contributed by atoms with E-state index in [2.05, 4.69) is 0 Å². The molecular formula is C31H34Cl2N4O4. The zero-order valence-corrected chi connectivity index (χ0v) is 25.3. The Balaban J connectivity index is 1.70. The third-order valence-electron chi connectivity index (χ3n) is 7.09. The summed E-state index contributed by atoms with van der Waals surface area (Å²) in [7, 11) is 1.62. The summed E-state index contributed by atoms with van der Waals surface area (Å²) in [5, 5.41) is 5.77. The molecule has 0 unspecified atom stereocenters. The molecule has 0 atom stereocenters. The van der Waals surface area contributed by atoms with Gasteiger partial charge in [-0.25, -0.2) is 9.48 Å². The van der Waals surface area contributed by atoms with Crippen molar-refractivity contribution in [3.8, 4) is 11.4 Å². The molecule has 1 fully saturated rings. The molecule has 10 heteroatoms. The van der Waals surface area contributed by atoms with E-state index in [4.69, 9.17) is 37.8 Å². The SMILES string of the molecule is COc1ccc(/C=C2\CN(C(=O)OC(C)(C)C)Cc3c(C(=O)N4CCCCC4)nn(-c4ccc(Cl)cc4Cl)c32)cc1. The summed E-state index contributed by atoms with van der Waals surface area (Å²) >= 11 is 12.9. The fourth-order valence-corrected chi connectivity index (χ4v) is 5.66. The summed E-state index contributed by atoms with van der Waals surface area (Å²) in [4.78, 5) is 30.7. The number of carbonyl (C=O) groups excluding carboxylic acids is 2. The number of carbonyl (C=O) groups is 2. The van der Waals surface area contributed by atoms with Crippen molar-refractivity contribution in [2.75, 3.05) is 26.7 Å². The topological polar surface area (TPSA) is 76.9 Å². The van der Waals surface area contributed by atoms with Crippen LogP contribution >= 0.6 is 23.2 Å². The number of amides is 2. The minimum absolute atomic E-state index is 0.153. The van der Waals surface area contributed by atoms with Crippen LogP contribution in [0.25, 0.3) is 17.3 Å². The number of benzene rings is 2. The zero-order chi connectivity index (χ0) is 29.3. The minimum atomic E-state index is -0.676. The smallest absolute Gasteiger partial charge is 0.410 e. The number of rotatable bonds is 4. The van der Waals surface area contributed by atoms with Crippen molar-refractivity contribution in [2.45, 2.75) is 52.2 Å². The zero-order valence-electron chi connectivity index (χ0n) is 23.7. The first-order chi connectivity index (χ1) is 19.5. The number of methoxy groups -OCH3 is 1. The van der Waals surface area contributed by atoms with Crippen molar-refractivity contribution < 1.29 is 19.1 Å². The molecule has 2 amide bonds. The van der Waals surface area contributed by atoms with E-state index < -0.39 is 11.7 Å². The third kappa shape index (κ3) is 6.39. The lowest BCUT2D eigenvalue weighted by molar-refractivity contribution is 0.0253. The van der Waals surface area contributed by atoms with Gasteiger partial charge in [-0.1, -0.05) is 35.3 Å². The van der Waals surface area contributed by atoms with Gasteiger partial charge in [-0.05, 0) is 87.6 Å². The summed E-state index contributed by atoms with van der Waals surface area (Å²) < 4.78 is 12.8. The van der Waals surface area contributed by atoms with Crippen LogP contribution in [0.3, 0.4) is 0 Å². The molecule has 0 saturated carbocycles. The average Bonchev–Trinajstić information content (AvgIpc) is 3.32. The van der Waals surface area contributed by atoms with Gasteiger partial charge in [-0.3, -0.25) is 9.69 Å². The molecule has 0 spiro atoms. The summed E-state index contributed by atoms with van der Waals surface area (Å²) in [6, 6.07) is 12.8. The Morgan fingerprint density at radius 1 is 0.951 bits per heavy atom. The van der Waals surface area contributed by atoms with E-state index in [0.717, 1.165) is 41.8 Å². The maximum Gasteiger partial charge on any atom is 0.410 e. The second-order valence-electron chi connectivity index (χ2n) is 11.3. The number of halogens is 2. The molecule has 1 aromatic heterocycles. The Kier molecular flexibility index (Phi) is 8.34. The molecule has 2 aromatic carbocycles. The Bertz CT molecular complexity index is 1480. The van der Waals surface area contributed by atoms with Crippen LogP contribution in [-0.2, 0) is 11.3 Å². The van der Waals surface area contributed by atoms with Gasteiger partial charge in [-0.15, -0.1) is 0 Å². The van der Waals surface area contributed by atoms with Crippen LogP contribution in [0.1, 0.15) is 67.3 Å². The standard InChI is InChI=1S/C31H34Cl2N4O4/c1-31(2,3)41-30(39)36-18-21(16-20-8-11-23(40-4)12-9-20)28-24(19-36)27(29(38)35-14-6-5-7-15-35)34-37(28)26-13-10-22(32)17-25(26)33/h8-13,16-17H,5-7,14-15,18-19H2,1-4H3/b21-16+. The quantitative estimate of drug-likeness (QED) is 0.321. The first kappa shape index (κ1) is 29.0. The number of hydrogen-bond donors (Lipinski definition) is 0. The van der Waals surface area contributed by atoms with Crippen molar-refractivity contribution in [1.29, 1.82) is 0 Å². The average molecular weight is 598 g/mol. The van der Waals surface area contributed by atoms with Crippen LogP contribution in [0.5, 0.6) is 5.75 Å². The van der Waals surface area contributed by atoms with Crippen LogP contribution < -0.4 is 4.74 Å². The molecule has 3 aromatic rings. The fraction of sp³-hybridized carbons (Fsp3) is 0.387. The molecule has 0 bridgehead atoms. The maximum absolute atomic E-state index is 13.9. The minimum Gasteiger partial charge on any atom is -0.497 e. The van der Waals surface area contributed by atoms with Crippen molar-refractivity contribution >= 4 is 46.9 Å². The lowest BCUT2D eigenvalue weighted by Gasteiger charge is -2.32. The Morgan fingerprint density at radius 3 is 2.29 bits per heavy atom. The second-order valence-corrected chi connectivity index (χ2v) is 12.2. The Hall–Kier alpha value is -3.49. The van der Waals surface area contributed by atoms with E-state index in [1.807, 2.05) is 56.0 Å². The summed E-state index contributed by atoms with van der Waals surface area (Å²) in [6.45, 7) is 7.27. The van der Waals surface area contributed by atoms with Gasteiger partial charge in [0.05, 0.1) is 36.6 Å². The molecule has 2 aliphatic rings. The Morgan fingerprint density at radius 2 is 1.66 bits per heavy atom. The number of likely N-dealkylation sites (tertiary alicyclic amines) is 1. The van der Waals surface area contributed by atoms with Gasteiger partial charge in [0.25, 0.3) is 5.91 Å². The number of fused-ring (bicyclic) bond motifs is 1. The molecular weight excluding hydrogens is 563 g/mol. The highest BCUT2D eigenvalue weighted by molar-refractivity contribution is 6.35. The number of ether oxygens (including phenoxy) is 2. The highest BCUT2D eigenvalue weighted by Gasteiger charge is 2.36. The maximum atomic E-state index is 13.9. The van der Waals surface area contributed by atoms with Gasteiger partial charge in [0.15, 0.2) is 5.69 Å². The largest absolute Gasteiger partial charge is 0.497 e. The third-order valence-corrected chi connectivity index (χ3v) is 7.63. The number of nitrogens with zero attached hydrogens (tertiary/aromatic N) is 4. The Labute approximate surface area is 250 Å². The molecule has 0 N–H and O–H groups in total. The molecule has 5 rings (SSSR count). The van der Waals surface area contributed by atoms with Crippen LogP contribution in [0.4, 0.5) is 4.79 Å². The summed E-state index contributed by atoms with van der Waals surface area (Å²) in [5.74, 6) is 0.582. The molecule has 2 aliphatic heterocycles. The van der Waals surface area contributed by atoms with Gasteiger partial charge in [0, 0.05) is 23.7 Å². The number of hydrogen-bond acceptors (Lipinski definition) is 5. The van der Waals surface area contributed by atoms with Crippen molar-refractivity contribution in [2.24, 2.45) is 0 Å². The summed E-state index contributed by atoms with van der Waals surface area (Å²) in [5.41, 5.74) is 3.30. The van der Waals surface area contributed by atoms with Gasteiger partial charge >= 0.3 is 6.09 Å². The molecule has 3 heterocycles. The van der Waals surface area contributed by atoms with Crippen molar-refractivity contribution in [3.05, 3.63) is 75.0 Å². The van der Waals surface area contributed by atoms with Gasteiger partial charge in [-0.2, -0.15) is 5.10 Å². The predicted molar refractivity (Wildman–Crippen MR) is 161 cm³/mol. The van der Waals surface area contributed by atoms with E-state index in [9.17, 15) is 9.59 Å². The first-order valence-corrected chi connectivity index (χ1v) is 14.5. The van der Waals surface area contributed by atoms with Crippen LogP contribution in [0.15, 0.2) is 42.5 Å². The van der Waals surface area contributed by atoms with Gasteiger partial charge in [0.2, 0.25) is 0 Å². The van der Waals surface area contributed by atoms with Gasteiger partial charge in [0.1, 0.15) is 11.4 Å². The van der Waals surface area contributed by atoms with Crippen LogP contribution in [0, 0.1) is 0 Å². The first-order valence-electron chi connectivity index (χ1n) is 13.7. The molecule has 1 saturated heterocycles. The molecule has 41 heavy (non-hydrogen) atoms. The molecule has 0 aliphatic carbocycles. The van der Waals surface area contributed by atoms with Crippen molar-refractivity contribution in [1.82, 2.24) is 19.6 Å². The van der Waals surface area contributed by atoms with E-state index in [1.165, 1.54) is 0 Å². The monoisotopic (exact) mass is 596 g/mol. The molecule has 8 nitrogen and oxygen atoms in total. The summed E-state index contributed by atoms with van der Waals surface area (Å²) in [6.07, 6.45) is 4.52. The highest BCUT2D eigenvalue weighted by atomic mass is 35.5. The van der Waals surface area contributed by atoms with Crippen molar-refractivity contribution in [3.63, 3.8) is 0 Å². The van der Waals surface area contributed by atoms with E-state index in [0.29, 0.717) is 40.1 Å². The highest BCUT2D eigenvalue weighted by Crippen LogP contribution is 2.37. The molecule has 216 valence electrons. The van der Waals surface area contributed by atoms with Crippen LogP contribution in [0.2, 0.25) is 10.0 Å². The lowest BCUT2D eigenvalue weighted by Crippen LogP contribution is -2.41. The second kappa shape index (κ2) is 11.8. The lowest BCUT2D eigenvalue weighted by atomic mass is 9.97. The van der Waals surface area contributed by atoms with Gasteiger partial charge < -0.3 is 14.4 Å². The van der Waals surface area contributed by atoms with E-state index in [1.54, 1.807) is 34.9 Å². The molecule has 0 radical (unpaired) electrons. The number of aromatic nitrogens is 2. The van der Waals surface area contributed by atoms with Crippen LogP contribution in [-0.4, -0.2) is 63.9 Å². The normalized spacial score (nSPS) is 16.5. The van der Waals surface area contributed by atoms with E-state index >= 15 is 0 Å². The fourth-order valence-electron chi connectivity index (χ4n) is 5.17. The predicted octanol–water partition coefficient (Wildman–Crippen LogP) is 7.11. The number of piperidine rings is 1. The van der Waals surface area contributed by atoms with E-state index in [-0.39, 0.29) is 19.0 Å².